The van der Waals surface area contributed by atoms with Gasteiger partial charge in [0.25, 0.3) is 0 Å². The molecule has 2 aromatic heterocycles. The van der Waals surface area contributed by atoms with Crippen molar-refractivity contribution in [2.75, 3.05) is 0 Å². The van der Waals surface area contributed by atoms with Crippen molar-refractivity contribution >= 4 is 35.3 Å². The highest BCUT2D eigenvalue weighted by Gasteiger charge is 2.28. The van der Waals surface area contributed by atoms with E-state index in [1.165, 1.54) is 30.3 Å². The Kier molecular flexibility index (Phi) is 6.10. The lowest BCUT2D eigenvalue weighted by molar-refractivity contribution is -0.0328. The van der Waals surface area contributed by atoms with Crippen molar-refractivity contribution < 1.29 is 17.6 Å². The van der Waals surface area contributed by atoms with Gasteiger partial charge in [0, 0.05) is 16.8 Å². The summed E-state index contributed by atoms with van der Waals surface area (Å²) in [4.78, 5) is 4.04. The highest BCUT2D eigenvalue weighted by atomic mass is 35.5. The highest BCUT2D eigenvalue weighted by Crippen LogP contribution is 2.36. The largest absolute Gasteiger partial charge is 0.446 e. The van der Waals surface area contributed by atoms with Crippen LogP contribution in [0.15, 0.2) is 53.6 Å². The molecule has 3 aromatic rings. The first-order chi connectivity index (χ1) is 13.2. The van der Waals surface area contributed by atoms with Crippen LogP contribution < -0.4 is 0 Å². The molecule has 0 aliphatic heterocycles. The van der Waals surface area contributed by atoms with Crippen molar-refractivity contribution in [3.63, 3.8) is 0 Å². The average molecular weight is 428 g/mol. The van der Waals surface area contributed by atoms with Gasteiger partial charge >= 0.3 is 5.51 Å². The van der Waals surface area contributed by atoms with Crippen LogP contribution in [-0.4, -0.2) is 20.3 Å². The van der Waals surface area contributed by atoms with Crippen molar-refractivity contribution in [1.29, 1.82) is 0 Å². The van der Waals surface area contributed by atoms with Crippen molar-refractivity contribution in [1.82, 2.24) is 14.8 Å². The molecule has 28 heavy (non-hydrogen) atoms. The number of aryl methyl sites for hydroxylation is 1. The number of nitrogens with zero attached hydrogens (tertiary/aromatic N) is 3. The predicted molar refractivity (Wildman–Crippen MR) is 103 cm³/mol. The van der Waals surface area contributed by atoms with Crippen molar-refractivity contribution in [3.8, 4) is 0 Å². The Morgan fingerprint density at radius 3 is 2.50 bits per heavy atom. The second kappa shape index (κ2) is 8.36. The van der Waals surface area contributed by atoms with Crippen LogP contribution in [0.2, 0.25) is 5.15 Å². The Morgan fingerprint density at radius 2 is 1.89 bits per heavy atom. The molecule has 9 heteroatoms. The fraction of sp³-hybridized carbons (Fsp3) is 0.158. The average Bonchev–Trinajstić information content (AvgIpc) is 2.98. The summed E-state index contributed by atoms with van der Waals surface area (Å²) >= 11 is 5.55. The van der Waals surface area contributed by atoms with E-state index >= 15 is 0 Å². The molecule has 0 unspecified atom stereocenters. The Hall–Kier alpha value is -2.32. The van der Waals surface area contributed by atoms with Gasteiger partial charge < -0.3 is 0 Å². The van der Waals surface area contributed by atoms with E-state index in [1.807, 2.05) is 6.07 Å². The van der Waals surface area contributed by atoms with Gasteiger partial charge in [0.05, 0.1) is 6.54 Å². The lowest BCUT2D eigenvalue weighted by Crippen LogP contribution is -2.04. The van der Waals surface area contributed by atoms with E-state index in [0.29, 0.717) is 17.3 Å². The molecule has 0 saturated carbocycles. The first kappa shape index (κ1) is 20.4. The maximum Gasteiger partial charge on any atom is 0.446 e. The van der Waals surface area contributed by atoms with Gasteiger partial charge in [0.1, 0.15) is 10.8 Å². The lowest BCUT2D eigenvalue weighted by Gasteiger charge is -2.05. The van der Waals surface area contributed by atoms with Gasteiger partial charge in [-0.25, -0.2) is 9.37 Å². The van der Waals surface area contributed by atoms with Gasteiger partial charge in [-0.2, -0.15) is 18.3 Å². The van der Waals surface area contributed by atoms with Crippen molar-refractivity contribution in [2.45, 2.75) is 23.9 Å². The monoisotopic (exact) mass is 427 g/mol. The van der Waals surface area contributed by atoms with Crippen LogP contribution in [0.4, 0.5) is 17.6 Å². The second-order valence-electron chi connectivity index (χ2n) is 5.93. The van der Waals surface area contributed by atoms with E-state index in [2.05, 4.69) is 10.1 Å². The molecule has 1 aromatic carbocycles. The molecule has 0 N–H and O–H groups in total. The lowest BCUT2D eigenvalue weighted by atomic mass is 10.2. The summed E-state index contributed by atoms with van der Waals surface area (Å²) in [7, 11) is 0. The number of hydrogen-bond donors (Lipinski definition) is 0. The molecule has 0 saturated heterocycles. The molecule has 0 fully saturated rings. The number of halogens is 5. The third-order valence-electron chi connectivity index (χ3n) is 3.75. The van der Waals surface area contributed by atoms with E-state index in [-0.39, 0.29) is 22.4 Å². The molecule has 3 nitrogen and oxygen atoms in total. The number of benzene rings is 1. The maximum absolute atomic E-state index is 14.5. The first-order valence-electron chi connectivity index (χ1n) is 8.08. The highest BCUT2D eigenvalue weighted by molar-refractivity contribution is 8.00. The Balaban J connectivity index is 1.75. The van der Waals surface area contributed by atoms with E-state index in [1.54, 1.807) is 29.9 Å². The second-order valence-corrected chi connectivity index (χ2v) is 7.45. The summed E-state index contributed by atoms with van der Waals surface area (Å²) in [5.41, 5.74) is -2.15. The van der Waals surface area contributed by atoms with E-state index in [4.69, 9.17) is 11.6 Å². The van der Waals surface area contributed by atoms with Crippen LogP contribution in [0.5, 0.6) is 0 Å². The summed E-state index contributed by atoms with van der Waals surface area (Å²) in [5.74, 6) is -0.577. The predicted octanol–water partition coefficient (Wildman–Crippen LogP) is 6.37. The molecule has 2 heterocycles. The van der Waals surface area contributed by atoms with Crippen LogP contribution in [0.1, 0.15) is 22.5 Å². The minimum Gasteiger partial charge on any atom is -0.265 e. The van der Waals surface area contributed by atoms with Crippen LogP contribution in [0.3, 0.4) is 0 Å². The van der Waals surface area contributed by atoms with Crippen LogP contribution in [0, 0.1) is 6.92 Å². The quantitative estimate of drug-likeness (QED) is 0.269. The molecule has 146 valence electrons. The molecule has 0 aliphatic carbocycles. The zero-order chi connectivity index (χ0) is 20.3. The maximum atomic E-state index is 14.5. The summed E-state index contributed by atoms with van der Waals surface area (Å²) in [6.45, 7) is 2.21. The summed E-state index contributed by atoms with van der Waals surface area (Å²) in [6, 6.07) is 10.5. The van der Waals surface area contributed by atoms with E-state index in [0.717, 1.165) is 11.3 Å². The number of aromatic nitrogens is 3. The molecular weight excluding hydrogens is 414 g/mol. The van der Waals surface area contributed by atoms with Gasteiger partial charge in [-0.05, 0) is 60.2 Å². The Bertz CT molecular complexity index is 980. The van der Waals surface area contributed by atoms with Crippen LogP contribution in [0.25, 0.3) is 11.9 Å². The zero-order valence-electron chi connectivity index (χ0n) is 14.5. The van der Waals surface area contributed by atoms with Gasteiger partial charge in [-0.15, -0.1) is 0 Å². The van der Waals surface area contributed by atoms with Crippen molar-refractivity contribution in [3.05, 3.63) is 76.3 Å². The molecule has 0 aliphatic rings. The molecule has 0 bridgehead atoms. The molecule has 0 radical (unpaired) electrons. The van der Waals surface area contributed by atoms with E-state index < -0.39 is 11.3 Å². The minimum atomic E-state index is -4.35. The molecule has 3 rings (SSSR count). The SMILES string of the molecule is Cc1cc(C(F)=Cc2ccc(SC(F)(F)F)cc2)nn1Cc1ccc(Cl)nc1. The topological polar surface area (TPSA) is 30.7 Å². The number of thioether (sulfide) groups is 1. The van der Waals surface area contributed by atoms with Crippen LogP contribution >= 0.6 is 23.4 Å². The molecule has 0 amide bonds. The fourth-order valence-electron chi connectivity index (χ4n) is 2.45. The number of alkyl halides is 3. The Labute approximate surface area is 168 Å². The minimum absolute atomic E-state index is 0.0433. The smallest absolute Gasteiger partial charge is 0.265 e. The number of pyridine rings is 1. The van der Waals surface area contributed by atoms with Gasteiger partial charge in [0.2, 0.25) is 0 Å². The molecule has 0 spiro atoms. The van der Waals surface area contributed by atoms with Gasteiger partial charge in [-0.3, -0.25) is 4.68 Å². The van der Waals surface area contributed by atoms with E-state index in [9.17, 15) is 17.6 Å². The normalized spacial score (nSPS) is 12.4. The number of rotatable bonds is 5. The summed E-state index contributed by atoms with van der Waals surface area (Å²) in [6.07, 6.45) is 2.85. The summed E-state index contributed by atoms with van der Waals surface area (Å²) in [5, 5.41) is 4.63. The number of hydrogen-bond acceptors (Lipinski definition) is 3. The van der Waals surface area contributed by atoms with Crippen molar-refractivity contribution in [2.24, 2.45) is 0 Å². The third kappa shape index (κ3) is 5.59. The van der Waals surface area contributed by atoms with Gasteiger partial charge in [0.15, 0.2) is 5.83 Å². The van der Waals surface area contributed by atoms with Gasteiger partial charge in [-0.1, -0.05) is 29.8 Å². The molecule has 0 atom stereocenters. The summed E-state index contributed by atoms with van der Waals surface area (Å²) < 4.78 is 53.3. The standard InChI is InChI=1S/C19H14ClF4N3S/c1-12-8-17(26-27(12)11-14-4-7-18(20)25-10-14)16(21)9-13-2-5-15(6-3-13)28-19(22,23)24/h2-10H,11H2,1H3. The molecular formula is C19H14ClF4N3S. The third-order valence-corrected chi connectivity index (χ3v) is 4.72. The Morgan fingerprint density at radius 1 is 1.18 bits per heavy atom. The zero-order valence-corrected chi connectivity index (χ0v) is 16.1. The fourth-order valence-corrected chi connectivity index (χ4v) is 3.10. The first-order valence-corrected chi connectivity index (χ1v) is 9.27. The van der Waals surface area contributed by atoms with Crippen LogP contribution in [-0.2, 0) is 6.54 Å².